The second-order valence-corrected chi connectivity index (χ2v) is 13.0. The number of benzene rings is 5. The van der Waals surface area contributed by atoms with Crippen molar-refractivity contribution in [3.63, 3.8) is 0 Å². The summed E-state index contributed by atoms with van der Waals surface area (Å²) in [6.45, 7) is 1.17. The van der Waals surface area contributed by atoms with Crippen LogP contribution in [0.1, 0.15) is 52.4 Å². The molecule has 5 aromatic carbocycles. The maximum absolute atomic E-state index is 13.2. The lowest BCUT2D eigenvalue weighted by Crippen LogP contribution is -2.24. The number of aliphatic imine (C=N–C) groups is 1. The van der Waals surface area contributed by atoms with Gasteiger partial charge in [0.25, 0.3) is 5.56 Å². The molecule has 256 valence electrons. The van der Waals surface area contributed by atoms with Crippen LogP contribution in [0.25, 0.3) is 43.5 Å². The van der Waals surface area contributed by atoms with Crippen LogP contribution in [0, 0.1) is 23.7 Å². The number of ether oxygens (including phenoxy) is 1. The summed E-state index contributed by atoms with van der Waals surface area (Å²) in [6.07, 6.45) is -0.864. The summed E-state index contributed by atoms with van der Waals surface area (Å²) in [5.74, 6) is 13.4. The highest BCUT2D eigenvalue weighted by atomic mass is 16.5. The van der Waals surface area contributed by atoms with Gasteiger partial charge >= 0.3 is 0 Å². The molecule has 1 aliphatic heterocycles. The highest BCUT2D eigenvalue weighted by Crippen LogP contribution is 2.37. The topological polar surface area (TPSA) is 146 Å². The van der Waals surface area contributed by atoms with Crippen LogP contribution < -0.4 is 5.56 Å². The molecule has 1 aliphatic rings. The van der Waals surface area contributed by atoms with Gasteiger partial charge in [-0.1, -0.05) is 66.3 Å². The zero-order chi connectivity index (χ0) is 36.1. The SMILES string of the molecule is CC(=O)c1ccc(C#Cc2ccc3ccc4c(C#Cc5nc6c(=O)[nH]c(/N=C/N(C)C)nc6n5[C@H]5C[C@H](O)[C@@H](CO)O5)ccc5ccc2c3c54)cc1. The van der Waals surface area contributed by atoms with E-state index in [1.54, 1.807) is 42.6 Å². The van der Waals surface area contributed by atoms with E-state index in [-0.39, 0.29) is 41.7 Å². The Hall–Kier alpha value is -6.37. The fraction of sp³-hybridized carbons (Fsp3) is 0.195. The zero-order valence-corrected chi connectivity index (χ0v) is 28.5. The minimum atomic E-state index is -0.930. The Morgan fingerprint density at radius 1 is 0.942 bits per heavy atom. The Morgan fingerprint density at radius 2 is 1.58 bits per heavy atom. The molecule has 0 spiro atoms. The van der Waals surface area contributed by atoms with Crippen molar-refractivity contribution in [2.24, 2.45) is 4.99 Å². The van der Waals surface area contributed by atoms with Crippen molar-refractivity contribution in [1.82, 2.24) is 24.4 Å². The molecule has 3 heterocycles. The Balaban J connectivity index is 1.25. The van der Waals surface area contributed by atoms with Crippen molar-refractivity contribution in [2.75, 3.05) is 20.7 Å². The molecule has 11 heteroatoms. The molecule has 1 fully saturated rings. The van der Waals surface area contributed by atoms with Crippen molar-refractivity contribution in [2.45, 2.75) is 31.8 Å². The molecule has 0 radical (unpaired) electrons. The number of imidazole rings is 1. The van der Waals surface area contributed by atoms with Gasteiger partial charge in [-0.3, -0.25) is 19.1 Å². The summed E-state index contributed by atoms with van der Waals surface area (Å²) in [5, 5.41) is 26.6. The van der Waals surface area contributed by atoms with Gasteiger partial charge in [0.2, 0.25) is 5.95 Å². The third-order valence-electron chi connectivity index (χ3n) is 9.23. The molecule has 7 aromatic rings. The van der Waals surface area contributed by atoms with E-state index in [9.17, 15) is 19.8 Å². The number of nitrogens with zero attached hydrogens (tertiary/aromatic N) is 5. The van der Waals surface area contributed by atoms with Gasteiger partial charge in [-0.2, -0.15) is 4.98 Å². The number of hydrogen-bond acceptors (Lipinski definition) is 8. The molecule has 0 saturated carbocycles. The van der Waals surface area contributed by atoms with E-state index in [0.29, 0.717) is 5.56 Å². The number of fused-ring (bicyclic) bond motifs is 1. The van der Waals surface area contributed by atoms with Crippen LogP contribution in [0.15, 0.2) is 82.6 Å². The van der Waals surface area contributed by atoms with Crippen molar-refractivity contribution >= 4 is 61.6 Å². The van der Waals surface area contributed by atoms with Gasteiger partial charge in [-0.15, -0.1) is 0 Å². The molecular weight excluding hydrogens is 656 g/mol. The van der Waals surface area contributed by atoms with Crippen LogP contribution in [-0.4, -0.2) is 79.7 Å². The number of Topliss-reactive ketones (excluding diaryl/α,β-unsaturated/α-hetero) is 1. The normalized spacial score (nSPS) is 17.2. The van der Waals surface area contributed by atoms with Gasteiger partial charge in [0, 0.05) is 42.8 Å². The number of carbonyl (C=O) groups is 1. The fourth-order valence-electron chi connectivity index (χ4n) is 6.67. The monoisotopic (exact) mass is 688 g/mol. The number of rotatable bonds is 5. The lowest BCUT2D eigenvalue weighted by atomic mass is 9.90. The highest BCUT2D eigenvalue weighted by Gasteiger charge is 2.37. The molecular formula is C41H32N6O5. The molecule has 1 saturated heterocycles. The standard InChI is InChI=1S/C41H32N6O5/c1-23(49)25-7-4-24(5-8-25)6-9-26-10-12-28-15-18-31-27(11-13-29-14-17-30(26)36(28)37(29)31)16-19-34-43-38-39(44-41(45-40(38)51)42-22-46(2)3)47(34)35-20-32(50)33(21-48)52-35/h4-5,7-8,10-15,17-18,22,32-33,35,48,50H,20-21H2,1-3H3,(H,44,45,51)/b42-22+/t32-,33+,35+/m0/s1. The number of H-pyrrole nitrogens is 1. The predicted octanol–water partition coefficient (Wildman–Crippen LogP) is 4.88. The molecule has 3 atom stereocenters. The number of ketones is 1. The minimum absolute atomic E-state index is 0.0140. The molecule has 11 nitrogen and oxygen atoms in total. The molecule has 0 unspecified atom stereocenters. The first-order valence-corrected chi connectivity index (χ1v) is 16.7. The summed E-state index contributed by atoms with van der Waals surface area (Å²) >= 11 is 0. The van der Waals surface area contributed by atoms with E-state index in [0.717, 1.165) is 49.0 Å². The molecule has 3 N–H and O–H groups in total. The molecule has 0 aliphatic carbocycles. The van der Waals surface area contributed by atoms with Gasteiger partial charge < -0.3 is 19.8 Å². The van der Waals surface area contributed by atoms with Crippen molar-refractivity contribution in [3.8, 4) is 23.7 Å². The first kappa shape index (κ1) is 32.8. The second-order valence-electron chi connectivity index (χ2n) is 13.0. The molecule has 52 heavy (non-hydrogen) atoms. The maximum atomic E-state index is 13.2. The Bertz CT molecular complexity index is 2760. The molecule has 2 aromatic heterocycles. The number of carbonyl (C=O) groups excluding carboxylic acids is 1. The average Bonchev–Trinajstić information content (AvgIpc) is 3.71. The Labute approximate surface area is 297 Å². The summed E-state index contributed by atoms with van der Waals surface area (Å²) in [5.41, 5.74) is 2.86. The van der Waals surface area contributed by atoms with Crippen LogP contribution in [0.4, 0.5) is 5.95 Å². The molecule has 0 amide bonds. The van der Waals surface area contributed by atoms with Crippen LogP contribution >= 0.6 is 0 Å². The largest absolute Gasteiger partial charge is 0.394 e. The predicted molar refractivity (Wildman–Crippen MR) is 200 cm³/mol. The zero-order valence-electron chi connectivity index (χ0n) is 28.5. The van der Waals surface area contributed by atoms with Gasteiger partial charge in [0.05, 0.1) is 19.0 Å². The van der Waals surface area contributed by atoms with Crippen molar-refractivity contribution in [3.05, 3.63) is 111 Å². The number of aliphatic hydroxyl groups is 2. The van der Waals surface area contributed by atoms with Gasteiger partial charge in [-0.05, 0) is 69.4 Å². The first-order valence-electron chi connectivity index (χ1n) is 16.7. The second kappa shape index (κ2) is 13.1. The summed E-state index contributed by atoms with van der Waals surface area (Å²) < 4.78 is 7.60. The molecule has 8 rings (SSSR count). The van der Waals surface area contributed by atoms with Crippen molar-refractivity contribution < 1.29 is 19.7 Å². The third-order valence-corrected chi connectivity index (χ3v) is 9.23. The number of aromatic amines is 1. The number of hydrogen-bond donors (Lipinski definition) is 3. The van der Waals surface area contributed by atoms with Crippen LogP contribution in [0.2, 0.25) is 0 Å². The van der Waals surface area contributed by atoms with E-state index < -0.39 is 24.0 Å². The van der Waals surface area contributed by atoms with E-state index in [2.05, 4.69) is 74.0 Å². The Morgan fingerprint density at radius 3 is 2.17 bits per heavy atom. The third kappa shape index (κ3) is 5.83. The number of aromatic nitrogens is 4. The van der Waals surface area contributed by atoms with Crippen LogP contribution in [0.5, 0.6) is 0 Å². The van der Waals surface area contributed by atoms with Crippen LogP contribution in [-0.2, 0) is 4.74 Å². The maximum Gasteiger partial charge on any atom is 0.280 e. The fourth-order valence-corrected chi connectivity index (χ4v) is 6.67. The lowest BCUT2D eigenvalue weighted by molar-refractivity contribution is -0.0434. The van der Waals surface area contributed by atoms with E-state index in [4.69, 9.17) is 4.74 Å². The number of nitrogens with one attached hydrogen (secondary N) is 1. The van der Waals surface area contributed by atoms with Gasteiger partial charge in [0.15, 0.2) is 22.8 Å². The average molecular weight is 689 g/mol. The minimum Gasteiger partial charge on any atom is -0.394 e. The van der Waals surface area contributed by atoms with E-state index in [1.165, 1.54) is 6.34 Å². The first-order chi connectivity index (χ1) is 25.2. The quantitative estimate of drug-likeness (QED) is 0.0763. The Kier molecular flexibility index (Phi) is 8.25. The molecule has 0 bridgehead atoms. The summed E-state index contributed by atoms with van der Waals surface area (Å²) in [7, 11) is 3.60. The number of aliphatic hydroxyl groups excluding tert-OH is 2. The summed E-state index contributed by atoms with van der Waals surface area (Å²) in [6, 6.07) is 23.7. The van der Waals surface area contributed by atoms with Crippen LogP contribution in [0.3, 0.4) is 0 Å². The lowest BCUT2D eigenvalue weighted by Gasteiger charge is -2.15. The van der Waals surface area contributed by atoms with E-state index in [1.807, 2.05) is 30.3 Å². The smallest absolute Gasteiger partial charge is 0.280 e. The van der Waals surface area contributed by atoms with E-state index >= 15 is 0 Å². The summed E-state index contributed by atoms with van der Waals surface area (Å²) in [4.78, 5) is 42.7. The van der Waals surface area contributed by atoms with Gasteiger partial charge in [0.1, 0.15) is 12.3 Å². The van der Waals surface area contributed by atoms with Gasteiger partial charge in [-0.25, -0.2) is 9.98 Å². The highest BCUT2D eigenvalue weighted by molar-refractivity contribution is 6.24. The van der Waals surface area contributed by atoms with Crippen molar-refractivity contribution in [1.29, 1.82) is 0 Å².